The van der Waals surface area contributed by atoms with E-state index in [1.54, 1.807) is 0 Å². The standard InChI is InChI=1S/C14H21N3O.2ClH/c1-17(11-12-5-3-2-4-6-12)10-9-16-13(18)14(15)7-8-14;;/h2-6H,7-11,15H2,1H3,(H,16,18);2*1H. The number of amides is 1. The van der Waals surface area contributed by atoms with Crippen LogP contribution in [-0.4, -0.2) is 36.5 Å². The Morgan fingerprint density at radius 2 is 1.90 bits per heavy atom. The molecule has 0 spiro atoms. The zero-order valence-electron chi connectivity index (χ0n) is 11.7. The molecule has 0 radical (unpaired) electrons. The molecule has 0 atom stereocenters. The van der Waals surface area contributed by atoms with Crippen molar-refractivity contribution in [1.82, 2.24) is 10.2 Å². The van der Waals surface area contributed by atoms with Gasteiger partial charge in [0.15, 0.2) is 0 Å². The van der Waals surface area contributed by atoms with E-state index in [0.717, 1.165) is 25.9 Å². The van der Waals surface area contributed by atoms with Gasteiger partial charge < -0.3 is 16.0 Å². The first-order valence-corrected chi connectivity index (χ1v) is 6.40. The molecule has 1 aromatic carbocycles. The van der Waals surface area contributed by atoms with Crippen LogP contribution >= 0.6 is 24.8 Å². The normalized spacial score (nSPS) is 14.9. The lowest BCUT2D eigenvalue weighted by Crippen LogP contribution is -2.44. The summed E-state index contributed by atoms with van der Waals surface area (Å²) in [5, 5.41) is 2.90. The molecule has 0 aromatic heterocycles. The molecule has 114 valence electrons. The Labute approximate surface area is 132 Å². The third kappa shape index (κ3) is 5.67. The number of hydrogen-bond donors (Lipinski definition) is 2. The Bertz CT molecular complexity index is 410. The molecule has 0 aliphatic heterocycles. The number of nitrogens with two attached hydrogens (primary N) is 1. The van der Waals surface area contributed by atoms with Crippen molar-refractivity contribution in [3.63, 3.8) is 0 Å². The first kappa shape index (κ1) is 19.2. The zero-order valence-corrected chi connectivity index (χ0v) is 13.3. The van der Waals surface area contributed by atoms with Crippen molar-refractivity contribution in [2.75, 3.05) is 20.1 Å². The maximum Gasteiger partial charge on any atom is 0.240 e. The van der Waals surface area contributed by atoms with Crippen LogP contribution in [-0.2, 0) is 11.3 Å². The van der Waals surface area contributed by atoms with Crippen LogP contribution in [0.2, 0.25) is 0 Å². The number of carbonyl (C=O) groups excluding carboxylic acids is 1. The summed E-state index contributed by atoms with van der Waals surface area (Å²) in [4.78, 5) is 13.8. The van der Waals surface area contributed by atoms with Gasteiger partial charge in [-0.2, -0.15) is 0 Å². The molecule has 0 bridgehead atoms. The maximum atomic E-state index is 11.6. The minimum Gasteiger partial charge on any atom is -0.353 e. The molecule has 0 saturated heterocycles. The summed E-state index contributed by atoms with van der Waals surface area (Å²) in [6, 6.07) is 10.3. The topological polar surface area (TPSA) is 58.4 Å². The average Bonchev–Trinajstić information content (AvgIpc) is 3.10. The fraction of sp³-hybridized carbons (Fsp3) is 0.500. The monoisotopic (exact) mass is 319 g/mol. The Kier molecular flexibility index (Phi) is 8.13. The first-order chi connectivity index (χ1) is 8.60. The molecular weight excluding hydrogens is 297 g/mol. The summed E-state index contributed by atoms with van der Waals surface area (Å²) < 4.78 is 0. The second-order valence-corrected chi connectivity index (χ2v) is 5.14. The second kappa shape index (κ2) is 8.47. The van der Waals surface area contributed by atoms with Gasteiger partial charge in [0.1, 0.15) is 0 Å². The molecular formula is C14H23Cl2N3O. The second-order valence-electron chi connectivity index (χ2n) is 5.14. The predicted molar refractivity (Wildman–Crippen MR) is 86.4 cm³/mol. The van der Waals surface area contributed by atoms with Crippen LogP contribution in [0.3, 0.4) is 0 Å². The molecule has 1 aromatic rings. The number of likely N-dealkylation sites (N-methyl/N-ethyl adjacent to an activating group) is 1. The lowest BCUT2D eigenvalue weighted by molar-refractivity contribution is -0.123. The summed E-state index contributed by atoms with van der Waals surface area (Å²) >= 11 is 0. The van der Waals surface area contributed by atoms with Crippen molar-refractivity contribution in [2.45, 2.75) is 24.9 Å². The third-order valence-corrected chi connectivity index (χ3v) is 3.32. The molecule has 1 fully saturated rings. The number of halogens is 2. The molecule has 1 saturated carbocycles. The van der Waals surface area contributed by atoms with Gasteiger partial charge >= 0.3 is 0 Å². The Morgan fingerprint density at radius 1 is 1.30 bits per heavy atom. The van der Waals surface area contributed by atoms with E-state index in [4.69, 9.17) is 5.73 Å². The van der Waals surface area contributed by atoms with Crippen LogP contribution in [0.4, 0.5) is 0 Å². The van der Waals surface area contributed by atoms with Gasteiger partial charge in [-0.1, -0.05) is 30.3 Å². The Balaban J connectivity index is 0.00000180. The average molecular weight is 320 g/mol. The number of benzene rings is 1. The van der Waals surface area contributed by atoms with Crippen LogP contribution in [0.25, 0.3) is 0 Å². The summed E-state index contributed by atoms with van der Waals surface area (Å²) in [6.07, 6.45) is 1.64. The van der Waals surface area contributed by atoms with E-state index in [2.05, 4.69) is 29.4 Å². The molecule has 0 heterocycles. The van der Waals surface area contributed by atoms with Crippen LogP contribution < -0.4 is 11.1 Å². The van der Waals surface area contributed by atoms with Crippen LogP contribution in [0.15, 0.2) is 30.3 Å². The number of carbonyl (C=O) groups is 1. The first-order valence-electron chi connectivity index (χ1n) is 6.40. The van der Waals surface area contributed by atoms with Gasteiger partial charge in [0.05, 0.1) is 5.54 Å². The van der Waals surface area contributed by atoms with E-state index in [1.807, 2.05) is 18.2 Å². The predicted octanol–water partition coefficient (Wildman–Crippen LogP) is 1.57. The van der Waals surface area contributed by atoms with Crippen LogP contribution in [0.1, 0.15) is 18.4 Å². The van der Waals surface area contributed by atoms with Crippen molar-refractivity contribution >= 4 is 30.7 Å². The fourth-order valence-electron chi connectivity index (χ4n) is 1.87. The summed E-state index contributed by atoms with van der Waals surface area (Å²) in [6.45, 7) is 2.38. The van der Waals surface area contributed by atoms with E-state index in [9.17, 15) is 4.79 Å². The lowest BCUT2D eigenvalue weighted by atomic mass is 10.2. The fourth-order valence-corrected chi connectivity index (χ4v) is 1.87. The van der Waals surface area contributed by atoms with Crippen LogP contribution in [0.5, 0.6) is 0 Å². The molecule has 20 heavy (non-hydrogen) atoms. The highest BCUT2D eigenvalue weighted by molar-refractivity contribution is 5.88. The number of rotatable bonds is 6. The van der Waals surface area contributed by atoms with Gasteiger partial charge in [-0.3, -0.25) is 4.79 Å². The molecule has 1 aliphatic rings. The van der Waals surface area contributed by atoms with Crippen molar-refractivity contribution in [3.8, 4) is 0 Å². The lowest BCUT2D eigenvalue weighted by Gasteiger charge is -2.18. The molecule has 3 N–H and O–H groups in total. The molecule has 4 nitrogen and oxygen atoms in total. The zero-order chi connectivity index (χ0) is 13.0. The van der Waals surface area contributed by atoms with Crippen molar-refractivity contribution in [1.29, 1.82) is 0 Å². The minimum absolute atomic E-state index is 0. The van der Waals surface area contributed by atoms with Gasteiger partial charge in [-0.15, -0.1) is 24.8 Å². The third-order valence-electron chi connectivity index (χ3n) is 3.32. The highest BCUT2D eigenvalue weighted by Crippen LogP contribution is 2.31. The van der Waals surface area contributed by atoms with E-state index >= 15 is 0 Å². The molecule has 6 heteroatoms. The van der Waals surface area contributed by atoms with Crippen molar-refractivity contribution in [3.05, 3.63) is 35.9 Å². The van der Waals surface area contributed by atoms with Gasteiger partial charge in [-0.05, 0) is 25.5 Å². The number of hydrogen-bond acceptors (Lipinski definition) is 3. The summed E-state index contributed by atoms with van der Waals surface area (Å²) in [5.74, 6) is -0.00406. The smallest absolute Gasteiger partial charge is 0.240 e. The highest BCUT2D eigenvalue weighted by atomic mass is 35.5. The molecule has 0 unspecified atom stereocenters. The number of nitrogens with one attached hydrogen (secondary N) is 1. The van der Waals surface area contributed by atoms with Gasteiger partial charge in [0, 0.05) is 19.6 Å². The molecule has 1 aliphatic carbocycles. The number of nitrogens with zero attached hydrogens (tertiary/aromatic N) is 1. The summed E-state index contributed by atoms with van der Waals surface area (Å²) in [7, 11) is 2.05. The molecule has 2 rings (SSSR count). The Hall–Kier alpha value is -0.810. The van der Waals surface area contributed by atoms with E-state index in [-0.39, 0.29) is 30.7 Å². The quantitative estimate of drug-likeness (QED) is 0.836. The van der Waals surface area contributed by atoms with E-state index in [1.165, 1.54) is 5.56 Å². The minimum atomic E-state index is -0.558. The van der Waals surface area contributed by atoms with Gasteiger partial charge in [-0.25, -0.2) is 0 Å². The highest BCUT2D eigenvalue weighted by Gasteiger charge is 2.45. The van der Waals surface area contributed by atoms with Crippen molar-refractivity contribution < 1.29 is 4.79 Å². The van der Waals surface area contributed by atoms with E-state index in [0.29, 0.717) is 6.54 Å². The maximum absolute atomic E-state index is 11.6. The molecule has 1 amide bonds. The largest absolute Gasteiger partial charge is 0.353 e. The SMILES string of the molecule is CN(CCNC(=O)C1(N)CC1)Cc1ccccc1.Cl.Cl. The van der Waals surface area contributed by atoms with Gasteiger partial charge in [0.2, 0.25) is 5.91 Å². The Morgan fingerprint density at radius 3 is 2.45 bits per heavy atom. The van der Waals surface area contributed by atoms with Crippen molar-refractivity contribution in [2.24, 2.45) is 5.73 Å². The van der Waals surface area contributed by atoms with Crippen LogP contribution in [0, 0.1) is 0 Å². The van der Waals surface area contributed by atoms with Gasteiger partial charge in [0.25, 0.3) is 0 Å². The van der Waals surface area contributed by atoms with E-state index < -0.39 is 5.54 Å². The summed E-state index contributed by atoms with van der Waals surface area (Å²) in [5.41, 5.74) is 6.53.